The van der Waals surface area contributed by atoms with E-state index in [-0.39, 0.29) is 12.5 Å². The van der Waals surface area contributed by atoms with Gasteiger partial charge in [-0.05, 0) is 60.2 Å². The van der Waals surface area contributed by atoms with Crippen LogP contribution in [0.2, 0.25) is 0 Å². The summed E-state index contributed by atoms with van der Waals surface area (Å²) in [4.78, 5) is 0. The Morgan fingerprint density at radius 2 is 0.750 bits per heavy atom. The van der Waals surface area contributed by atoms with Crippen molar-refractivity contribution >= 4 is 10.1 Å². The topological polar surface area (TPSA) is 61.8 Å². The molecule has 0 amide bonds. The molecule has 1 rings (SSSR count). The van der Waals surface area contributed by atoms with E-state index in [4.69, 9.17) is 13.7 Å². The van der Waals surface area contributed by atoms with Gasteiger partial charge in [0.15, 0.2) is 5.79 Å². The lowest BCUT2D eigenvalue weighted by Crippen LogP contribution is -2.46. The Morgan fingerprint density at radius 1 is 0.481 bits per heavy atom. The van der Waals surface area contributed by atoms with Crippen LogP contribution < -0.4 is 0 Å². The second-order valence-electron chi connectivity index (χ2n) is 19.5. The van der Waals surface area contributed by atoms with Gasteiger partial charge in [-0.1, -0.05) is 185 Å². The van der Waals surface area contributed by atoms with Crippen LogP contribution in [0.1, 0.15) is 210 Å². The average Bonchev–Trinajstić information content (AvgIpc) is 3.05. The molecule has 6 heteroatoms. The van der Waals surface area contributed by atoms with Gasteiger partial charge in [0.1, 0.15) is 0 Å². The van der Waals surface area contributed by atoms with Gasteiger partial charge < -0.3 is 9.47 Å². The van der Waals surface area contributed by atoms with E-state index in [0.29, 0.717) is 25.0 Å². The van der Waals surface area contributed by atoms with Gasteiger partial charge >= 0.3 is 0 Å². The van der Waals surface area contributed by atoms with Gasteiger partial charge in [0.25, 0.3) is 10.1 Å². The largest absolute Gasteiger partial charge is 0.349 e. The van der Waals surface area contributed by atoms with Crippen molar-refractivity contribution in [2.75, 3.05) is 26.1 Å². The van der Waals surface area contributed by atoms with Crippen LogP contribution in [0.3, 0.4) is 0 Å². The van der Waals surface area contributed by atoms with Crippen molar-refractivity contribution in [2.24, 2.45) is 53.3 Å². The van der Waals surface area contributed by atoms with E-state index in [9.17, 15) is 8.42 Å². The summed E-state index contributed by atoms with van der Waals surface area (Å²) in [7, 11) is -3.47. The van der Waals surface area contributed by atoms with E-state index in [1.165, 1.54) is 116 Å². The Labute approximate surface area is 326 Å². The zero-order chi connectivity index (χ0) is 39.0. The van der Waals surface area contributed by atoms with Gasteiger partial charge in [0, 0.05) is 18.8 Å². The highest BCUT2D eigenvalue weighted by Gasteiger charge is 2.38. The van der Waals surface area contributed by atoms with E-state index in [0.717, 1.165) is 67.4 Å². The van der Waals surface area contributed by atoms with E-state index >= 15 is 0 Å². The van der Waals surface area contributed by atoms with Gasteiger partial charge in [0.2, 0.25) is 0 Å². The number of hydrogen-bond donors (Lipinski definition) is 0. The summed E-state index contributed by atoms with van der Waals surface area (Å²) in [6.45, 7) is 25.1. The second-order valence-corrected chi connectivity index (χ2v) is 21.1. The molecule has 1 aliphatic rings. The Balaban J connectivity index is 2.46. The van der Waals surface area contributed by atoms with Crippen molar-refractivity contribution in [3.05, 3.63) is 0 Å². The highest BCUT2D eigenvalue weighted by Crippen LogP contribution is 2.36. The molecule has 0 N–H and O–H groups in total. The molecule has 5 nitrogen and oxygen atoms in total. The third-order valence-corrected chi connectivity index (χ3v) is 12.8. The van der Waals surface area contributed by atoms with Crippen molar-refractivity contribution in [3.63, 3.8) is 0 Å². The quantitative estimate of drug-likeness (QED) is 0.0624. The van der Waals surface area contributed by atoms with E-state index in [2.05, 4.69) is 69.2 Å². The Hall–Kier alpha value is -0.170. The molecule has 0 aromatic heterocycles. The minimum Gasteiger partial charge on any atom is -0.349 e. The van der Waals surface area contributed by atoms with Crippen LogP contribution in [0.4, 0.5) is 0 Å². The second kappa shape index (κ2) is 28.3. The van der Waals surface area contributed by atoms with E-state index < -0.39 is 15.9 Å². The summed E-state index contributed by atoms with van der Waals surface area (Å²) in [6, 6.07) is 0. The number of rotatable bonds is 33. The van der Waals surface area contributed by atoms with E-state index in [1.54, 1.807) is 0 Å². The van der Waals surface area contributed by atoms with Gasteiger partial charge in [0.05, 0.1) is 26.1 Å². The standard InChI is InChI=1S/C46H92O5S/c1-37(2)18-12-20-39(5)22-14-24-41(7)26-16-28-43(9)30-32-46(49-34-45(35-50-46)36-51-52(11,47)48)33-31-44(10)29-17-27-42(8)25-15-23-40(6)21-13-19-38(3)4/h37-45H,12-36H2,1-11H3. The fraction of sp³-hybridized carbons (Fsp3) is 1.00. The van der Waals surface area contributed by atoms with Crippen LogP contribution in [-0.4, -0.2) is 40.3 Å². The molecule has 0 radical (unpaired) electrons. The minimum atomic E-state index is -3.47. The summed E-state index contributed by atoms with van der Waals surface area (Å²) in [5.41, 5.74) is 0. The molecule has 0 saturated carbocycles. The SMILES string of the molecule is CC(C)CCCC(C)CCCC(C)CCCC(C)CCC1(CCC(C)CCCC(C)CCCC(C)CCCC(C)C)OCC(COS(C)(=O)=O)CO1. The van der Waals surface area contributed by atoms with Crippen LogP contribution in [-0.2, 0) is 23.8 Å². The molecule has 6 unspecified atom stereocenters. The van der Waals surface area contributed by atoms with Gasteiger partial charge in [-0.25, -0.2) is 0 Å². The van der Waals surface area contributed by atoms with Gasteiger partial charge in [-0.2, -0.15) is 8.42 Å². The maximum Gasteiger partial charge on any atom is 0.264 e. The van der Waals surface area contributed by atoms with Crippen molar-refractivity contribution in [1.29, 1.82) is 0 Å². The molecule has 1 fully saturated rings. The van der Waals surface area contributed by atoms with Crippen LogP contribution in [0.25, 0.3) is 0 Å². The smallest absolute Gasteiger partial charge is 0.264 e. The first-order valence-corrected chi connectivity index (χ1v) is 24.4. The lowest BCUT2D eigenvalue weighted by Gasteiger charge is -2.41. The minimum absolute atomic E-state index is 0.0493. The van der Waals surface area contributed by atoms with Crippen molar-refractivity contribution in [3.8, 4) is 0 Å². The van der Waals surface area contributed by atoms with Crippen molar-refractivity contribution < 1.29 is 22.1 Å². The molecular formula is C46H92O5S. The van der Waals surface area contributed by atoms with Gasteiger partial charge in [-0.3, -0.25) is 4.18 Å². The predicted octanol–water partition coefficient (Wildman–Crippen LogP) is 14.0. The normalized spacial score (nSPS) is 22.1. The maximum atomic E-state index is 11.6. The molecule has 1 aliphatic heterocycles. The first-order valence-electron chi connectivity index (χ1n) is 22.6. The highest BCUT2D eigenvalue weighted by molar-refractivity contribution is 7.85. The fourth-order valence-electron chi connectivity index (χ4n) is 8.17. The summed E-state index contributed by atoms with van der Waals surface area (Å²) in [6.07, 6.45) is 29.5. The van der Waals surface area contributed by atoms with Crippen molar-refractivity contribution in [1.82, 2.24) is 0 Å². The zero-order valence-corrected chi connectivity index (χ0v) is 37.6. The Bertz CT molecular complexity index is 890. The lowest BCUT2D eigenvalue weighted by molar-refractivity contribution is -0.293. The summed E-state index contributed by atoms with van der Waals surface area (Å²) < 4.78 is 41.3. The zero-order valence-electron chi connectivity index (χ0n) is 36.8. The summed E-state index contributed by atoms with van der Waals surface area (Å²) in [5, 5.41) is 0. The monoisotopic (exact) mass is 757 g/mol. The third-order valence-electron chi connectivity index (χ3n) is 12.3. The molecule has 1 saturated heterocycles. The molecule has 52 heavy (non-hydrogen) atoms. The van der Waals surface area contributed by atoms with Crippen LogP contribution in [0.5, 0.6) is 0 Å². The molecular weight excluding hydrogens is 665 g/mol. The van der Waals surface area contributed by atoms with Crippen LogP contribution in [0, 0.1) is 53.3 Å². The molecule has 0 spiro atoms. The molecule has 6 atom stereocenters. The fourth-order valence-corrected chi connectivity index (χ4v) is 8.61. The molecule has 0 aromatic rings. The average molecular weight is 757 g/mol. The summed E-state index contributed by atoms with van der Waals surface area (Å²) >= 11 is 0. The highest BCUT2D eigenvalue weighted by atomic mass is 32.2. The molecule has 312 valence electrons. The molecule has 0 bridgehead atoms. The van der Waals surface area contributed by atoms with Crippen LogP contribution in [0.15, 0.2) is 0 Å². The third kappa shape index (κ3) is 27.4. The molecule has 1 heterocycles. The maximum absolute atomic E-state index is 11.6. The van der Waals surface area contributed by atoms with Gasteiger partial charge in [-0.15, -0.1) is 0 Å². The Kier molecular flexibility index (Phi) is 27.1. The first kappa shape index (κ1) is 49.8. The summed E-state index contributed by atoms with van der Waals surface area (Å²) in [5.74, 6) is 5.72. The molecule has 0 aliphatic carbocycles. The number of hydrogen-bond acceptors (Lipinski definition) is 5. The predicted molar refractivity (Wildman–Crippen MR) is 225 cm³/mol. The first-order chi connectivity index (χ1) is 24.5. The van der Waals surface area contributed by atoms with Crippen molar-refractivity contribution in [2.45, 2.75) is 216 Å². The Morgan fingerprint density at radius 3 is 1.02 bits per heavy atom. The van der Waals surface area contributed by atoms with E-state index in [1.807, 2.05) is 0 Å². The molecule has 0 aromatic carbocycles. The van der Waals surface area contributed by atoms with Crippen LogP contribution >= 0.6 is 0 Å². The lowest BCUT2D eigenvalue weighted by atomic mass is 9.88. The number of ether oxygens (including phenoxy) is 2.